The zero-order chi connectivity index (χ0) is 13.2. The first-order chi connectivity index (χ1) is 9.28. The highest BCUT2D eigenvalue weighted by Crippen LogP contribution is 2.27. The van der Waals surface area contributed by atoms with Gasteiger partial charge >= 0.3 is 5.97 Å². The number of carbonyl (C=O) groups excluding carboxylic acids is 1. The van der Waals surface area contributed by atoms with Crippen LogP contribution in [0, 0.1) is 5.92 Å². The summed E-state index contributed by atoms with van der Waals surface area (Å²) >= 11 is 0. The highest BCUT2D eigenvalue weighted by Gasteiger charge is 2.17. The Morgan fingerprint density at radius 2 is 2.21 bits per heavy atom. The third-order valence-corrected chi connectivity index (χ3v) is 3.97. The van der Waals surface area contributed by atoms with Crippen LogP contribution < -0.4 is 0 Å². The molecule has 4 heteroatoms. The highest BCUT2D eigenvalue weighted by molar-refractivity contribution is 5.93. The zero-order valence-corrected chi connectivity index (χ0v) is 11.1. The second-order valence-electron chi connectivity index (χ2n) is 5.24. The van der Waals surface area contributed by atoms with Gasteiger partial charge in [0.1, 0.15) is 0 Å². The molecule has 0 aliphatic heterocycles. The number of nitrogens with zero attached hydrogens (tertiary/aromatic N) is 2. The predicted molar refractivity (Wildman–Crippen MR) is 73.0 cm³/mol. The van der Waals surface area contributed by atoms with E-state index in [0.717, 1.165) is 23.5 Å². The minimum Gasteiger partial charge on any atom is -0.465 e. The number of hydrogen-bond acceptors (Lipinski definition) is 3. The van der Waals surface area contributed by atoms with E-state index in [4.69, 9.17) is 4.74 Å². The summed E-state index contributed by atoms with van der Waals surface area (Å²) < 4.78 is 6.93. The Kier molecular flexibility index (Phi) is 3.23. The smallest absolute Gasteiger partial charge is 0.337 e. The molecule has 1 heterocycles. The van der Waals surface area contributed by atoms with Crippen LogP contribution in [0.25, 0.3) is 11.0 Å². The zero-order valence-electron chi connectivity index (χ0n) is 11.1. The van der Waals surface area contributed by atoms with Gasteiger partial charge < -0.3 is 9.30 Å². The van der Waals surface area contributed by atoms with E-state index in [1.165, 1.54) is 32.8 Å². The third-order valence-electron chi connectivity index (χ3n) is 3.97. The molecule has 0 unspecified atom stereocenters. The topological polar surface area (TPSA) is 44.1 Å². The summed E-state index contributed by atoms with van der Waals surface area (Å²) in [5.41, 5.74) is 2.52. The predicted octanol–water partition coefficient (Wildman–Crippen LogP) is 3.01. The largest absolute Gasteiger partial charge is 0.465 e. The molecule has 4 nitrogen and oxygen atoms in total. The van der Waals surface area contributed by atoms with Crippen molar-refractivity contribution in [3.8, 4) is 0 Å². The Morgan fingerprint density at radius 1 is 1.42 bits per heavy atom. The van der Waals surface area contributed by atoms with Crippen molar-refractivity contribution in [1.82, 2.24) is 9.55 Å². The molecule has 100 valence electrons. The van der Waals surface area contributed by atoms with Crippen LogP contribution in [0.2, 0.25) is 0 Å². The number of fused-ring (bicyclic) bond motifs is 1. The summed E-state index contributed by atoms with van der Waals surface area (Å²) in [7, 11) is 1.39. The van der Waals surface area contributed by atoms with Crippen LogP contribution in [0.3, 0.4) is 0 Å². The Morgan fingerprint density at radius 3 is 2.95 bits per heavy atom. The average molecular weight is 258 g/mol. The standard InChI is InChI=1S/C15H18N2O2/c1-19-15(18)12-6-7-14-13(8-12)16-10-17(14)9-11-4-2-3-5-11/h6-8,10-11H,2-5,9H2,1H3. The van der Waals surface area contributed by atoms with Gasteiger partial charge in [0, 0.05) is 6.54 Å². The van der Waals surface area contributed by atoms with E-state index >= 15 is 0 Å². The van der Waals surface area contributed by atoms with E-state index in [1.807, 2.05) is 12.4 Å². The fourth-order valence-electron chi connectivity index (χ4n) is 2.93. The first kappa shape index (κ1) is 12.2. The Bertz CT molecular complexity index is 597. The number of esters is 1. The molecular weight excluding hydrogens is 240 g/mol. The Hall–Kier alpha value is -1.84. The van der Waals surface area contributed by atoms with Crippen molar-refractivity contribution in [2.75, 3.05) is 7.11 Å². The molecule has 2 aromatic rings. The highest BCUT2D eigenvalue weighted by atomic mass is 16.5. The van der Waals surface area contributed by atoms with Crippen LogP contribution >= 0.6 is 0 Å². The van der Waals surface area contributed by atoms with Gasteiger partial charge in [0.25, 0.3) is 0 Å². The maximum absolute atomic E-state index is 11.5. The molecule has 0 bridgehead atoms. The fraction of sp³-hybridized carbons (Fsp3) is 0.467. The third kappa shape index (κ3) is 2.35. The van der Waals surface area contributed by atoms with Crippen LogP contribution in [-0.2, 0) is 11.3 Å². The number of imidazole rings is 1. The quantitative estimate of drug-likeness (QED) is 0.795. The summed E-state index contributed by atoms with van der Waals surface area (Å²) in [6, 6.07) is 5.57. The molecule has 0 atom stereocenters. The van der Waals surface area contributed by atoms with Gasteiger partial charge in [0.15, 0.2) is 0 Å². The van der Waals surface area contributed by atoms with Crippen LogP contribution in [-0.4, -0.2) is 22.6 Å². The molecular formula is C15H18N2O2. The minimum absolute atomic E-state index is 0.313. The molecule has 1 aromatic heterocycles. The van der Waals surface area contributed by atoms with Crippen molar-refractivity contribution in [3.05, 3.63) is 30.1 Å². The van der Waals surface area contributed by atoms with E-state index in [1.54, 1.807) is 12.1 Å². The van der Waals surface area contributed by atoms with E-state index in [9.17, 15) is 4.79 Å². The lowest BCUT2D eigenvalue weighted by molar-refractivity contribution is 0.0601. The van der Waals surface area contributed by atoms with Crippen molar-refractivity contribution in [2.45, 2.75) is 32.2 Å². The van der Waals surface area contributed by atoms with Crippen molar-refractivity contribution in [2.24, 2.45) is 5.92 Å². The molecule has 1 fully saturated rings. The maximum Gasteiger partial charge on any atom is 0.337 e. The normalized spacial score (nSPS) is 16.1. The van der Waals surface area contributed by atoms with Crippen LogP contribution in [0.5, 0.6) is 0 Å². The number of carbonyl (C=O) groups is 1. The average Bonchev–Trinajstić information content (AvgIpc) is 3.08. The summed E-state index contributed by atoms with van der Waals surface area (Å²) in [4.78, 5) is 15.9. The molecule has 1 saturated carbocycles. The molecule has 19 heavy (non-hydrogen) atoms. The minimum atomic E-state index is -0.313. The SMILES string of the molecule is COC(=O)c1ccc2c(c1)ncn2CC1CCCC1. The van der Waals surface area contributed by atoms with Gasteiger partial charge in [-0.05, 0) is 37.0 Å². The fourth-order valence-corrected chi connectivity index (χ4v) is 2.93. The lowest BCUT2D eigenvalue weighted by Crippen LogP contribution is -2.06. The molecule has 3 rings (SSSR count). The van der Waals surface area contributed by atoms with E-state index in [2.05, 4.69) is 9.55 Å². The molecule has 0 radical (unpaired) electrons. The Balaban J connectivity index is 1.88. The summed E-state index contributed by atoms with van der Waals surface area (Å²) in [5, 5.41) is 0. The molecule has 0 amide bonds. The number of hydrogen-bond donors (Lipinski definition) is 0. The summed E-state index contributed by atoms with van der Waals surface area (Å²) in [6.45, 7) is 1.04. The van der Waals surface area contributed by atoms with E-state index < -0.39 is 0 Å². The number of rotatable bonds is 3. The van der Waals surface area contributed by atoms with Gasteiger partial charge in [-0.25, -0.2) is 9.78 Å². The lowest BCUT2D eigenvalue weighted by Gasteiger charge is -2.10. The van der Waals surface area contributed by atoms with E-state index in [-0.39, 0.29) is 5.97 Å². The van der Waals surface area contributed by atoms with Crippen molar-refractivity contribution < 1.29 is 9.53 Å². The number of methoxy groups -OCH3 is 1. The first-order valence-electron chi connectivity index (χ1n) is 6.81. The molecule has 1 aliphatic rings. The lowest BCUT2D eigenvalue weighted by atomic mass is 10.1. The van der Waals surface area contributed by atoms with Crippen LogP contribution in [0.1, 0.15) is 36.0 Å². The summed E-state index contributed by atoms with van der Waals surface area (Å²) in [6.07, 6.45) is 7.22. The van der Waals surface area contributed by atoms with Gasteiger partial charge in [0.2, 0.25) is 0 Å². The number of ether oxygens (including phenoxy) is 1. The van der Waals surface area contributed by atoms with Gasteiger partial charge in [-0.3, -0.25) is 0 Å². The van der Waals surface area contributed by atoms with Gasteiger partial charge in [-0.2, -0.15) is 0 Å². The monoisotopic (exact) mass is 258 g/mol. The number of aromatic nitrogens is 2. The van der Waals surface area contributed by atoms with Crippen LogP contribution in [0.15, 0.2) is 24.5 Å². The van der Waals surface area contributed by atoms with E-state index in [0.29, 0.717) is 5.56 Å². The van der Waals surface area contributed by atoms with Crippen molar-refractivity contribution in [1.29, 1.82) is 0 Å². The Labute approximate surface area is 112 Å². The molecule has 0 N–H and O–H groups in total. The van der Waals surface area contributed by atoms with Crippen LogP contribution in [0.4, 0.5) is 0 Å². The van der Waals surface area contributed by atoms with Gasteiger partial charge in [-0.1, -0.05) is 12.8 Å². The van der Waals surface area contributed by atoms with Crippen molar-refractivity contribution >= 4 is 17.0 Å². The molecule has 0 saturated heterocycles. The molecule has 1 aliphatic carbocycles. The maximum atomic E-state index is 11.5. The second-order valence-corrected chi connectivity index (χ2v) is 5.24. The molecule has 0 spiro atoms. The van der Waals surface area contributed by atoms with Crippen molar-refractivity contribution in [3.63, 3.8) is 0 Å². The van der Waals surface area contributed by atoms with Gasteiger partial charge in [0.05, 0.1) is 30.0 Å². The number of benzene rings is 1. The summed E-state index contributed by atoms with van der Waals surface area (Å²) in [5.74, 6) is 0.463. The van der Waals surface area contributed by atoms with Gasteiger partial charge in [-0.15, -0.1) is 0 Å². The first-order valence-corrected chi connectivity index (χ1v) is 6.81. The second kappa shape index (κ2) is 5.03. The molecule has 1 aromatic carbocycles.